The summed E-state index contributed by atoms with van der Waals surface area (Å²) in [6.07, 6.45) is 7.46. The third-order valence-electron chi connectivity index (χ3n) is 6.08. The van der Waals surface area contributed by atoms with Gasteiger partial charge in [-0.1, -0.05) is 0 Å². The van der Waals surface area contributed by atoms with E-state index in [1.165, 1.54) is 7.11 Å². The molecule has 0 amide bonds. The molecule has 31 heavy (non-hydrogen) atoms. The molecule has 2 aliphatic heterocycles. The van der Waals surface area contributed by atoms with Crippen molar-refractivity contribution in [3.05, 3.63) is 47.7 Å². The van der Waals surface area contributed by atoms with Gasteiger partial charge in [-0.15, -0.1) is 0 Å². The standard InChI is InChI=1S/C23H26N4O4/c1-14(2)31-21-19-26-18(23-11-22(3,12-23)30-13-23)10-27(19)9-15(25-21)8-17(28)16-6-5-7-24-20(16)29-4/h5-7,9-10,14H,8,11-13H2,1-4H3. The van der Waals surface area contributed by atoms with Crippen LogP contribution in [0.4, 0.5) is 0 Å². The zero-order valence-electron chi connectivity index (χ0n) is 18.2. The zero-order chi connectivity index (χ0) is 21.8. The Kier molecular flexibility index (Phi) is 4.51. The molecule has 0 aromatic carbocycles. The van der Waals surface area contributed by atoms with Crippen LogP contribution in [0.25, 0.3) is 5.65 Å². The summed E-state index contributed by atoms with van der Waals surface area (Å²) in [4.78, 5) is 26.6. The van der Waals surface area contributed by atoms with Gasteiger partial charge < -0.3 is 18.6 Å². The SMILES string of the molecule is COc1ncccc1C(=O)Cc1cn2cc(C34COC(C)(C3)C4)nc2c(OC(C)C)n1. The molecule has 2 bridgehead atoms. The Morgan fingerprint density at radius 3 is 2.74 bits per heavy atom. The van der Waals surface area contributed by atoms with Crippen LogP contribution in [0, 0.1) is 0 Å². The van der Waals surface area contributed by atoms with Crippen LogP contribution in [0.2, 0.25) is 0 Å². The van der Waals surface area contributed by atoms with Crippen molar-refractivity contribution >= 4 is 11.4 Å². The van der Waals surface area contributed by atoms with Gasteiger partial charge in [-0.25, -0.2) is 15.0 Å². The third kappa shape index (κ3) is 3.35. The largest absolute Gasteiger partial charge is 0.480 e. The van der Waals surface area contributed by atoms with E-state index >= 15 is 0 Å². The molecule has 0 radical (unpaired) electrons. The van der Waals surface area contributed by atoms with Gasteiger partial charge in [-0.2, -0.15) is 0 Å². The lowest BCUT2D eigenvalue weighted by Gasteiger charge is -2.41. The number of ether oxygens (including phenoxy) is 3. The van der Waals surface area contributed by atoms with E-state index in [1.807, 2.05) is 30.6 Å². The Morgan fingerprint density at radius 1 is 1.26 bits per heavy atom. The summed E-state index contributed by atoms with van der Waals surface area (Å²) in [6, 6.07) is 3.43. The predicted octanol–water partition coefficient (Wildman–Crippen LogP) is 3.17. The van der Waals surface area contributed by atoms with Crippen molar-refractivity contribution in [3.63, 3.8) is 0 Å². The molecular formula is C23H26N4O4. The second-order valence-electron chi connectivity index (χ2n) is 9.09. The normalized spacial score (nSPS) is 24.4. The smallest absolute Gasteiger partial charge is 0.258 e. The Bertz CT molecular complexity index is 1160. The monoisotopic (exact) mass is 422 g/mol. The molecular weight excluding hydrogens is 396 g/mol. The summed E-state index contributed by atoms with van der Waals surface area (Å²) in [6.45, 7) is 6.73. The molecule has 1 aliphatic carbocycles. The van der Waals surface area contributed by atoms with Gasteiger partial charge in [0.25, 0.3) is 5.88 Å². The molecule has 0 N–H and O–H groups in total. The fourth-order valence-corrected chi connectivity index (χ4v) is 4.84. The molecule has 3 aliphatic rings. The number of nitrogens with zero attached hydrogens (tertiary/aromatic N) is 4. The summed E-state index contributed by atoms with van der Waals surface area (Å²) in [5, 5.41) is 0. The lowest BCUT2D eigenvalue weighted by atomic mass is 9.62. The second-order valence-corrected chi connectivity index (χ2v) is 9.09. The Balaban J connectivity index is 1.51. The minimum atomic E-state index is -0.120. The van der Waals surface area contributed by atoms with Crippen LogP contribution in [0.15, 0.2) is 30.7 Å². The number of imidazole rings is 1. The summed E-state index contributed by atoms with van der Waals surface area (Å²) in [5.74, 6) is 0.623. The van der Waals surface area contributed by atoms with Crippen LogP contribution in [0.5, 0.6) is 11.8 Å². The highest BCUT2D eigenvalue weighted by atomic mass is 16.5. The van der Waals surface area contributed by atoms with E-state index in [2.05, 4.69) is 16.9 Å². The number of ketones is 1. The lowest BCUT2D eigenvalue weighted by Crippen LogP contribution is -2.45. The highest BCUT2D eigenvalue weighted by molar-refractivity contribution is 5.99. The van der Waals surface area contributed by atoms with Crippen LogP contribution in [-0.2, 0) is 16.6 Å². The molecule has 8 nitrogen and oxygen atoms in total. The second kappa shape index (κ2) is 7.02. The molecule has 8 heteroatoms. The van der Waals surface area contributed by atoms with Crippen LogP contribution in [0.3, 0.4) is 0 Å². The first kappa shape index (κ1) is 19.9. The van der Waals surface area contributed by atoms with E-state index in [4.69, 9.17) is 19.2 Å². The van der Waals surface area contributed by atoms with Crippen molar-refractivity contribution < 1.29 is 19.0 Å². The summed E-state index contributed by atoms with van der Waals surface area (Å²) in [7, 11) is 1.50. The van der Waals surface area contributed by atoms with Gasteiger partial charge in [0.15, 0.2) is 5.78 Å². The van der Waals surface area contributed by atoms with E-state index < -0.39 is 0 Å². The number of hydrogen-bond acceptors (Lipinski definition) is 7. The molecule has 0 atom stereocenters. The number of Topliss-reactive ketones (excluding diaryl/α,β-unsaturated/α-hetero) is 1. The Labute approximate surface area is 180 Å². The van der Waals surface area contributed by atoms with Gasteiger partial charge in [0.05, 0.1) is 48.8 Å². The Morgan fingerprint density at radius 2 is 2.06 bits per heavy atom. The fourth-order valence-electron chi connectivity index (χ4n) is 4.84. The van der Waals surface area contributed by atoms with E-state index in [9.17, 15) is 4.79 Å². The number of hydrogen-bond donors (Lipinski definition) is 0. The summed E-state index contributed by atoms with van der Waals surface area (Å²) >= 11 is 0. The maximum absolute atomic E-state index is 12.9. The average Bonchev–Trinajstić information content (AvgIpc) is 3.38. The van der Waals surface area contributed by atoms with Gasteiger partial charge in [-0.05, 0) is 45.7 Å². The van der Waals surface area contributed by atoms with Gasteiger partial charge in [-0.3, -0.25) is 4.79 Å². The molecule has 1 saturated carbocycles. The van der Waals surface area contributed by atoms with Crippen molar-refractivity contribution in [3.8, 4) is 11.8 Å². The maximum Gasteiger partial charge on any atom is 0.258 e. The first-order valence-electron chi connectivity index (χ1n) is 10.5. The van der Waals surface area contributed by atoms with E-state index in [-0.39, 0.29) is 29.3 Å². The Hall–Kier alpha value is -3.00. The number of rotatable bonds is 7. The van der Waals surface area contributed by atoms with Crippen LogP contribution < -0.4 is 9.47 Å². The molecule has 3 aromatic rings. The predicted molar refractivity (Wildman–Crippen MR) is 113 cm³/mol. The third-order valence-corrected chi connectivity index (χ3v) is 6.08. The molecule has 6 rings (SSSR count). The lowest BCUT2D eigenvalue weighted by molar-refractivity contribution is 0.0154. The quantitative estimate of drug-likeness (QED) is 0.541. The molecule has 0 unspecified atom stereocenters. The molecule has 162 valence electrons. The number of carbonyl (C=O) groups excluding carboxylic acids is 1. The van der Waals surface area contributed by atoms with Crippen LogP contribution >= 0.6 is 0 Å². The first-order valence-corrected chi connectivity index (χ1v) is 10.5. The highest BCUT2D eigenvalue weighted by Crippen LogP contribution is 2.58. The van der Waals surface area contributed by atoms with Crippen molar-refractivity contribution in [2.45, 2.75) is 57.2 Å². The molecule has 0 spiro atoms. The highest BCUT2D eigenvalue weighted by Gasteiger charge is 2.61. The topological polar surface area (TPSA) is 87.8 Å². The summed E-state index contributed by atoms with van der Waals surface area (Å²) < 4.78 is 19.1. The van der Waals surface area contributed by atoms with Crippen LogP contribution in [0.1, 0.15) is 55.4 Å². The van der Waals surface area contributed by atoms with Gasteiger partial charge >= 0.3 is 0 Å². The molecule has 3 fully saturated rings. The first-order chi connectivity index (χ1) is 14.8. The number of methoxy groups -OCH3 is 1. The van der Waals surface area contributed by atoms with Crippen LogP contribution in [-0.4, -0.2) is 50.6 Å². The maximum atomic E-state index is 12.9. The van der Waals surface area contributed by atoms with E-state index in [0.29, 0.717) is 35.3 Å². The number of pyridine rings is 1. The summed E-state index contributed by atoms with van der Waals surface area (Å²) in [5.41, 5.74) is 2.63. The van der Waals surface area contributed by atoms with Gasteiger partial charge in [0, 0.05) is 24.0 Å². The number of aromatic nitrogens is 4. The van der Waals surface area contributed by atoms with Crippen molar-refractivity contribution in [2.75, 3.05) is 13.7 Å². The van der Waals surface area contributed by atoms with Crippen molar-refractivity contribution in [1.82, 2.24) is 19.4 Å². The molecule has 2 saturated heterocycles. The van der Waals surface area contributed by atoms with Crippen molar-refractivity contribution in [2.24, 2.45) is 0 Å². The number of carbonyl (C=O) groups is 1. The minimum Gasteiger partial charge on any atom is -0.480 e. The van der Waals surface area contributed by atoms with Gasteiger partial charge in [0.1, 0.15) is 0 Å². The zero-order valence-corrected chi connectivity index (χ0v) is 18.2. The molecule has 3 aromatic heterocycles. The fraction of sp³-hybridized carbons (Fsp3) is 0.478. The minimum absolute atomic E-state index is 0.0222. The van der Waals surface area contributed by atoms with E-state index in [0.717, 1.165) is 18.5 Å². The molecule has 5 heterocycles. The van der Waals surface area contributed by atoms with Crippen molar-refractivity contribution in [1.29, 1.82) is 0 Å². The van der Waals surface area contributed by atoms with E-state index in [1.54, 1.807) is 18.3 Å². The number of fused-ring (bicyclic) bond motifs is 2. The average molecular weight is 422 g/mol. The van der Waals surface area contributed by atoms with Gasteiger partial charge in [0.2, 0.25) is 11.5 Å².